The summed E-state index contributed by atoms with van der Waals surface area (Å²) in [7, 11) is 1.63. The van der Waals surface area contributed by atoms with Crippen molar-refractivity contribution in [2.75, 3.05) is 24.2 Å². The largest absolute Gasteiger partial charge is 0.366 e. The molecule has 0 fully saturated rings. The molecule has 2 rings (SSSR count). The van der Waals surface area contributed by atoms with E-state index in [-0.39, 0.29) is 18.4 Å². The molecule has 142 valence electrons. The van der Waals surface area contributed by atoms with Crippen molar-refractivity contribution in [3.63, 3.8) is 0 Å². The number of carbonyl (C=O) groups excluding carboxylic acids is 3. The second kappa shape index (κ2) is 8.91. The van der Waals surface area contributed by atoms with E-state index in [1.165, 1.54) is 30.3 Å². The van der Waals surface area contributed by atoms with E-state index >= 15 is 0 Å². The Morgan fingerprint density at radius 1 is 1.07 bits per heavy atom. The molecule has 0 saturated carbocycles. The number of benzene rings is 2. The molecule has 4 N–H and O–H groups in total. The van der Waals surface area contributed by atoms with E-state index < -0.39 is 17.8 Å². The van der Waals surface area contributed by atoms with Crippen molar-refractivity contribution >= 4 is 29.1 Å². The highest BCUT2D eigenvalue weighted by Crippen LogP contribution is 2.11. The smallest absolute Gasteiger partial charge is 0.248 e. The zero-order chi connectivity index (χ0) is 20.0. The quantitative estimate of drug-likeness (QED) is 0.689. The fourth-order valence-corrected chi connectivity index (χ4v) is 2.29. The molecule has 0 aromatic heterocycles. The van der Waals surface area contributed by atoms with Crippen LogP contribution in [0.15, 0.2) is 48.5 Å². The summed E-state index contributed by atoms with van der Waals surface area (Å²) in [5.41, 5.74) is 6.37. The van der Waals surface area contributed by atoms with Crippen LogP contribution in [0.25, 0.3) is 0 Å². The predicted molar refractivity (Wildman–Crippen MR) is 101 cm³/mol. The van der Waals surface area contributed by atoms with E-state index in [9.17, 15) is 18.8 Å². The molecule has 0 radical (unpaired) electrons. The minimum atomic E-state index is -0.598. The molecular formula is C19H21FN4O3. The Balaban J connectivity index is 1.89. The number of hydrogen-bond donors (Lipinski definition) is 3. The Labute approximate surface area is 156 Å². The summed E-state index contributed by atoms with van der Waals surface area (Å²) in [6, 6.07) is 11.1. The van der Waals surface area contributed by atoms with Crippen LogP contribution >= 0.6 is 0 Å². The number of primary amides is 1. The number of carbonyl (C=O) groups is 3. The fourth-order valence-electron chi connectivity index (χ4n) is 2.29. The molecule has 0 bridgehead atoms. The molecule has 0 saturated heterocycles. The molecule has 0 aliphatic heterocycles. The van der Waals surface area contributed by atoms with Crippen LogP contribution in [-0.4, -0.2) is 42.3 Å². The number of halogens is 1. The van der Waals surface area contributed by atoms with E-state index in [1.807, 2.05) is 0 Å². The zero-order valence-corrected chi connectivity index (χ0v) is 15.0. The number of nitrogens with two attached hydrogens (primary N) is 1. The number of nitrogens with one attached hydrogen (secondary N) is 2. The third-order valence-corrected chi connectivity index (χ3v) is 3.98. The van der Waals surface area contributed by atoms with Gasteiger partial charge >= 0.3 is 0 Å². The molecule has 0 heterocycles. The number of nitrogens with zero attached hydrogens (tertiary/aromatic N) is 1. The van der Waals surface area contributed by atoms with Gasteiger partial charge in [0.25, 0.3) is 0 Å². The van der Waals surface area contributed by atoms with Gasteiger partial charge in [-0.25, -0.2) is 4.39 Å². The molecule has 1 atom stereocenters. The minimum Gasteiger partial charge on any atom is -0.366 e. The van der Waals surface area contributed by atoms with E-state index in [4.69, 9.17) is 5.73 Å². The summed E-state index contributed by atoms with van der Waals surface area (Å²) in [5, 5.41) is 5.28. The van der Waals surface area contributed by atoms with Gasteiger partial charge in [-0.3, -0.25) is 19.3 Å². The van der Waals surface area contributed by atoms with Gasteiger partial charge in [0.1, 0.15) is 5.82 Å². The molecule has 0 unspecified atom stereocenters. The number of anilines is 2. The third-order valence-electron chi connectivity index (χ3n) is 3.98. The van der Waals surface area contributed by atoms with Crippen LogP contribution in [0, 0.1) is 5.82 Å². The maximum atomic E-state index is 13.2. The summed E-state index contributed by atoms with van der Waals surface area (Å²) in [6.45, 7) is 1.61. The standard InChI is InChI=1S/C19H21FN4O3/c1-12(19(27)23-15-8-6-13(7-9-15)18(21)26)24(2)11-17(25)22-16-5-3-4-14(20)10-16/h3-10,12H,11H2,1-2H3,(H2,21,26)(H,22,25)(H,23,27)/t12-/m0/s1. The lowest BCUT2D eigenvalue weighted by Gasteiger charge is -2.23. The van der Waals surface area contributed by atoms with E-state index in [0.29, 0.717) is 16.9 Å². The van der Waals surface area contributed by atoms with Gasteiger partial charge in [-0.15, -0.1) is 0 Å². The second-order valence-electron chi connectivity index (χ2n) is 6.08. The van der Waals surface area contributed by atoms with Crippen LogP contribution in [0.2, 0.25) is 0 Å². The maximum absolute atomic E-state index is 13.2. The summed E-state index contributed by atoms with van der Waals surface area (Å²) in [6.07, 6.45) is 0. The van der Waals surface area contributed by atoms with Crippen molar-refractivity contribution in [2.24, 2.45) is 5.73 Å². The van der Waals surface area contributed by atoms with Gasteiger partial charge in [0.15, 0.2) is 0 Å². The third kappa shape index (κ3) is 5.89. The van der Waals surface area contributed by atoms with E-state index in [2.05, 4.69) is 10.6 Å². The van der Waals surface area contributed by atoms with Crippen molar-refractivity contribution in [3.05, 3.63) is 59.9 Å². The minimum absolute atomic E-state index is 0.0499. The first-order chi connectivity index (χ1) is 12.8. The Kier molecular flexibility index (Phi) is 6.62. The highest BCUT2D eigenvalue weighted by atomic mass is 19.1. The number of amides is 3. The monoisotopic (exact) mass is 372 g/mol. The Morgan fingerprint density at radius 3 is 2.33 bits per heavy atom. The average Bonchev–Trinajstić information content (AvgIpc) is 2.61. The molecule has 8 heteroatoms. The van der Waals surface area contributed by atoms with Crippen LogP contribution < -0.4 is 16.4 Å². The van der Waals surface area contributed by atoms with Crippen LogP contribution in [0.3, 0.4) is 0 Å². The van der Waals surface area contributed by atoms with Crippen molar-refractivity contribution < 1.29 is 18.8 Å². The second-order valence-corrected chi connectivity index (χ2v) is 6.08. The average molecular weight is 372 g/mol. The van der Waals surface area contributed by atoms with Crippen molar-refractivity contribution in [1.82, 2.24) is 4.90 Å². The van der Waals surface area contributed by atoms with Gasteiger partial charge in [-0.2, -0.15) is 0 Å². The lowest BCUT2D eigenvalue weighted by molar-refractivity contribution is -0.122. The molecule has 0 aliphatic carbocycles. The summed E-state index contributed by atoms with van der Waals surface area (Å²) < 4.78 is 13.2. The van der Waals surface area contributed by atoms with Gasteiger partial charge < -0.3 is 16.4 Å². The highest BCUT2D eigenvalue weighted by molar-refractivity contribution is 5.97. The summed E-state index contributed by atoms with van der Waals surface area (Å²) in [4.78, 5) is 37.0. The molecule has 0 spiro atoms. The number of rotatable bonds is 7. The van der Waals surface area contributed by atoms with Crippen LogP contribution in [0.4, 0.5) is 15.8 Å². The predicted octanol–water partition coefficient (Wildman–Crippen LogP) is 1.82. The topological polar surface area (TPSA) is 105 Å². The van der Waals surface area contributed by atoms with Gasteiger partial charge in [0.05, 0.1) is 12.6 Å². The molecule has 3 amide bonds. The first kappa shape index (κ1) is 20.1. The lowest BCUT2D eigenvalue weighted by Crippen LogP contribution is -2.43. The normalized spacial score (nSPS) is 11.7. The highest BCUT2D eigenvalue weighted by Gasteiger charge is 2.20. The molecule has 2 aromatic rings. The summed E-state index contributed by atoms with van der Waals surface area (Å²) >= 11 is 0. The maximum Gasteiger partial charge on any atom is 0.248 e. The fraction of sp³-hybridized carbons (Fsp3) is 0.211. The van der Waals surface area contributed by atoms with Crippen LogP contribution in [0.5, 0.6) is 0 Å². The van der Waals surface area contributed by atoms with Gasteiger partial charge in [-0.05, 0) is 56.4 Å². The van der Waals surface area contributed by atoms with E-state index in [0.717, 1.165) is 0 Å². The SMILES string of the molecule is C[C@@H](C(=O)Nc1ccc(C(N)=O)cc1)N(C)CC(=O)Nc1cccc(F)c1. The zero-order valence-electron chi connectivity index (χ0n) is 15.0. The Bertz CT molecular complexity index is 839. The number of hydrogen-bond acceptors (Lipinski definition) is 4. The summed E-state index contributed by atoms with van der Waals surface area (Å²) in [5.74, 6) is -1.68. The van der Waals surface area contributed by atoms with Crippen molar-refractivity contribution in [1.29, 1.82) is 0 Å². The molecule has 7 nitrogen and oxygen atoms in total. The molecule has 0 aliphatic rings. The van der Waals surface area contributed by atoms with Crippen LogP contribution in [-0.2, 0) is 9.59 Å². The van der Waals surface area contributed by atoms with Crippen molar-refractivity contribution in [3.8, 4) is 0 Å². The van der Waals surface area contributed by atoms with E-state index in [1.54, 1.807) is 37.1 Å². The Morgan fingerprint density at radius 2 is 1.74 bits per heavy atom. The van der Waals surface area contributed by atoms with Gasteiger partial charge in [-0.1, -0.05) is 6.07 Å². The Hall–Kier alpha value is -3.26. The number of likely N-dealkylation sites (N-methyl/N-ethyl adjacent to an activating group) is 1. The van der Waals surface area contributed by atoms with Crippen molar-refractivity contribution in [2.45, 2.75) is 13.0 Å². The van der Waals surface area contributed by atoms with Gasteiger partial charge in [0.2, 0.25) is 17.7 Å². The molecule has 27 heavy (non-hydrogen) atoms. The van der Waals surface area contributed by atoms with Crippen LogP contribution in [0.1, 0.15) is 17.3 Å². The molecular weight excluding hydrogens is 351 g/mol. The first-order valence-corrected chi connectivity index (χ1v) is 8.22. The lowest BCUT2D eigenvalue weighted by atomic mass is 10.2. The van der Waals surface area contributed by atoms with Gasteiger partial charge in [0, 0.05) is 16.9 Å². The molecule has 2 aromatic carbocycles. The first-order valence-electron chi connectivity index (χ1n) is 8.22.